The molecule has 0 radical (unpaired) electrons. The molecule has 31 heavy (non-hydrogen) atoms. The zero-order valence-electron chi connectivity index (χ0n) is 18.0. The lowest BCUT2D eigenvalue weighted by Gasteiger charge is -2.51. The van der Waals surface area contributed by atoms with E-state index in [1.165, 1.54) is 33.3 Å². The number of hydrogen-bond acceptors (Lipinski definition) is 2. The number of H-pyrrole nitrogens is 1. The van der Waals surface area contributed by atoms with Crippen molar-refractivity contribution in [2.75, 3.05) is 13.7 Å². The van der Waals surface area contributed by atoms with E-state index in [9.17, 15) is 0 Å². The molecule has 1 aliphatic carbocycles. The summed E-state index contributed by atoms with van der Waals surface area (Å²) < 4.78 is 5.62. The van der Waals surface area contributed by atoms with Gasteiger partial charge in [0.25, 0.3) is 0 Å². The summed E-state index contributed by atoms with van der Waals surface area (Å²) in [4.78, 5) is 6.49. The van der Waals surface area contributed by atoms with Crippen LogP contribution >= 0.6 is 0 Å². The molecule has 1 saturated heterocycles. The Hall–Kier alpha value is -3.04. The summed E-state index contributed by atoms with van der Waals surface area (Å²) in [5, 5.41) is 1.38. The third kappa shape index (κ3) is 2.99. The SMILES string of the molecule is COc1cccc([C@]23CCN(Cc4ccccc4)[C@H](Cc4[nH]c5ccccc5c42)C3)c1. The topological polar surface area (TPSA) is 28.3 Å². The van der Waals surface area contributed by atoms with Gasteiger partial charge in [0.05, 0.1) is 7.11 Å². The molecule has 3 nitrogen and oxygen atoms in total. The highest BCUT2D eigenvalue weighted by Gasteiger charge is 2.48. The Morgan fingerprint density at radius 3 is 2.71 bits per heavy atom. The van der Waals surface area contributed by atoms with Crippen molar-refractivity contribution in [2.45, 2.75) is 37.3 Å². The third-order valence-electron chi connectivity index (χ3n) is 7.48. The van der Waals surface area contributed by atoms with Gasteiger partial charge < -0.3 is 9.72 Å². The van der Waals surface area contributed by atoms with Gasteiger partial charge in [-0.25, -0.2) is 0 Å². The van der Waals surface area contributed by atoms with E-state index in [0.717, 1.165) is 38.1 Å². The second-order valence-corrected chi connectivity index (χ2v) is 9.11. The molecule has 0 spiro atoms. The summed E-state index contributed by atoms with van der Waals surface area (Å²) in [6.07, 6.45) is 3.36. The summed E-state index contributed by atoms with van der Waals surface area (Å²) in [5.41, 5.74) is 7.02. The normalized spacial score (nSPS) is 22.9. The van der Waals surface area contributed by atoms with E-state index in [1.54, 1.807) is 7.11 Å². The quantitative estimate of drug-likeness (QED) is 0.470. The number of nitrogens with zero attached hydrogens (tertiary/aromatic N) is 1. The summed E-state index contributed by atoms with van der Waals surface area (Å²) >= 11 is 0. The van der Waals surface area contributed by atoms with Gasteiger partial charge in [0, 0.05) is 41.0 Å². The van der Waals surface area contributed by atoms with Crippen molar-refractivity contribution in [3.05, 3.63) is 101 Å². The van der Waals surface area contributed by atoms with Gasteiger partial charge in [-0.3, -0.25) is 4.90 Å². The number of benzene rings is 3. The number of hydrogen-bond donors (Lipinski definition) is 1. The van der Waals surface area contributed by atoms with E-state index in [-0.39, 0.29) is 5.41 Å². The highest BCUT2D eigenvalue weighted by molar-refractivity contribution is 5.87. The molecule has 0 unspecified atom stereocenters. The number of methoxy groups -OCH3 is 1. The fourth-order valence-electron chi connectivity index (χ4n) is 6.07. The van der Waals surface area contributed by atoms with Crippen LogP contribution in [0.15, 0.2) is 78.9 Å². The number of piperidine rings is 1. The van der Waals surface area contributed by atoms with Crippen LogP contribution in [0.3, 0.4) is 0 Å². The number of rotatable bonds is 4. The molecular weight excluding hydrogens is 380 g/mol. The first-order valence-electron chi connectivity index (χ1n) is 11.3. The highest BCUT2D eigenvalue weighted by Crippen LogP contribution is 2.52. The van der Waals surface area contributed by atoms with Crippen molar-refractivity contribution in [3.63, 3.8) is 0 Å². The van der Waals surface area contributed by atoms with E-state index < -0.39 is 0 Å². The minimum atomic E-state index is 0.0274. The number of aromatic nitrogens is 1. The maximum absolute atomic E-state index is 5.62. The lowest BCUT2D eigenvalue weighted by molar-refractivity contribution is 0.0889. The van der Waals surface area contributed by atoms with Gasteiger partial charge in [0.2, 0.25) is 0 Å². The summed E-state index contributed by atoms with van der Waals surface area (Å²) in [5.74, 6) is 0.946. The predicted molar refractivity (Wildman–Crippen MR) is 126 cm³/mol. The van der Waals surface area contributed by atoms with Gasteiger partial charge in [-0.1, -0.05) is 60.7 Å². The van der Waals surface area contributed by atoms with Gasteiger partial charge in [0.15, 0.2) is 0 Å². The van der Waals surface area contributed by atoms with Crippen molar-refractivity contribution in [3.8, 4) is 5.75 Å². The second-order valence-electron chi connectivity index (χ2n) is 9.11. The first-order chi connectivity index (χ1) is 15.3. The summed E-state index contributed by atoms with van der Waals surface area (Å²) in [7, 11) is 1.76. The van der Waals surface area contributed by atoms with Crippen LogP contribution in [0.2, 0.25) is 0 Å². The second kappa shape index (κ2) is 7.28. The first-order valence-corrected chi connectivity index (χ1v) is 11.3. The lowest BCUT2D eigenvalue weighted by Crippen LogP contribution is -2.53. The van der Waals surface area contributed by atoms with Crippen molar-refractivity contribution < 1.29 is 4.74 Å². The zero-order valence-corrected chi connectivity index (χ0v) is 18.0. The minimum Gasteiger partial charge on any atom is -0.497 e. The van der Waals surface area contributed by atoms with Crippen LogP contribution in [0, 0.1) is 0 Å². The Labute approximate surface area is 183 Å². The molecule has 1 fully saturated rings. The summed E-state index contributed by atoms with van der Waals surface area (Å²) in [6.45, 7) is 2.13. The van der Waals surface area contributed by atoms with Gasteiger partial charge in [-0.2, -0.15) is 0 Å². The molecule has 3 heteroatoms. The van der Waals surface area contributed by atoms with Crippen LogP contribution in [-0.4, -0.2) is 29.6 Å². The highest BCUT2D eigenvalue weighted by atomic mass is 16.5. The molecule has 0 saturated carbocycles. The monoisotopic (exact) mass is 408 g/mol. The largest absolute Gasteiger partial charge is 0.497 e. The van der Waals surface area contributed by atoms with Gasteiger partial charge >= 0.3 is 0 Å². The van der Waals surface area contributed by atoms with Crippen LogP contribution in [0.25, 0.3) is 10.9 Å². The molecule has 1 aliphatic heterocycles. The molecule has 156 valence electrons. The zero-order chi connectivity index (χ0) is 20.8. The fourth-order valence-corrected chi connectivity index (χ4v) is 6.07. The molecule has 0 amide bonds. The molecule has 2 atom stereocenters. The molecule has 2 bridgehead atoms. The number of nitrogens with one attached hydrogen (secondary N) is 1. The van der Waals surface area contributed by atoms with Crippen molar-refractivity contribution in [1.29, 1.82) is 0 Å². The Balaban J connectivity index is 1.48. The lowest BCUT2D eigenvalue weighted by atomic mass is 9.61. The van der Waals surface area contributed by atoms with E-state index >= 15 is 0 Å². The standard InChI is InChI=1S/C28H28N2O/c1-31-23-11-7-10-21(16-23)28-14-15-30(19-20-8-3-2-4-9-20)22(18-28)17-26-27(28)24-12-5-6-13-25(24)29-26/h2-13,16,22,29H,14-15,17-19H2,1H3/t22-,28-/m1/s1. The molecule has 3 aromatic carbocycles. The van der Waals surface area contributed by atoms with Gasteiger partial charge in [-0.05, 0) is 54.3 Å². The third-order valence-corrected chi connectivity index (χ3v) is 7.48. The molecule has 4 aromatic rings. The molecular formula is C28H28N2O. The predicted octanol–water partition coefficient (Wildman–Crippen LogP) is 5.68. The molecule has 1 N–H and O–H groups in total. The number of ether oxygens (including phenoxy) is 1. The van der Waals surface area contributed by atoms with E-state index in [0.29, 0.717) is 6.04 Å². The molecule has 6 rings (SSSR count). The number of likely N-dealkylation sites (tertiary alicyclic amines) is 1. The number of aromatic amines is 1. The van der Waals surface area contributed by atoms with E-state index in [4.69, 9.17) is 4.74 Å². The molecule has 2 heterocycles. The minimum absolute atomic E-state index is 0.0274. The number of para-hydroxylation sites is 1. The average molecular weight is 409 g/mol. The molecule has 1 aromatic heterocycles. The van der Waals surface area contributed by atoms with Crippen molar-refractivity contribution in [2.24, 2.45) is 0 Å². The van der Waals surface area contributed by atoms with Crippen LogP contribution in [0.4, 0.5) is 0 Å². The average Bonchev–Trinajstić information content (AvgIpc) is 3.20. The maximum Gasteiger partial charge on any atom is 0.119 e. The van der Waals surface area contributed by atoms with Crippen LogP contribution in [0.1, 0.15) is 35.2 Å². The van der Waals surface area contributed by atoms with Crippen LogP contribution in [-0.2, 0) is 18.4 Å². The Morgan fingerprint density at radius 1 is 1.00 bits per heavy atom. The Bertz CT molecular complexity index is 1230. The molecule has 2 aliphatic rings. The smallest absolute Gasteiger partial charge is 0.119 e. The Morgan fingerprint density at radius 2 is 1.84 bits per heavy atom. The maximum atomic E-state index is 5.62. The van der Waals surface area contributed by atoms with Gasteiger partial charge in [0.1, 0.15) is 5.75 Å². The fraction of sp³-hybridized carbons (Fsp3) is 0.286. The van der Waals surface area contributed by atoms with Crippen LogP contribution < -0.4 is 4.74 Å². The van der Waals surface area contributed by atoms with Crippen molar-refractivity contribution in [1.82, 2.24) is 9.88 Å². The van der Waals surface area contributed by atoms with Crippen molar-refractivity contribution >= 4 is 10.9 Å². The first kappa shape index (κ1) is 18.7. The van der Waals surface area contributed by atoms with Crippen LogP contribution in [0.5, 0.6) is 5.75 Å². The summed E-state index contributed by atoms with van der Waals surface area (Å²) in [6, 6.07) is 29.0. The van der Waals surface area contributed by atoms with E-state index in [1.807, 2.05) is 0 Å². The van der Waals surface area contributed by atoms with Gasteiger partial charge in [-0.15, -0.1) is 0 Å². The van der Waals surface area contributed by atoms with E-state index in [2.05, 4.69) is 88.7 Å². The Kier molecular flexibility index (Phi) is 4.39. The number of fused-ring (bicyclic) bond motifs is 6.